The summed E-state index contributed by atoms with van der Waals surface area (Å²) in [5.74, 6) is 0. The van der Waals surface area contributed by atoms with Gasteiger partial charge in [-0.15, -0.1) is 0 Å². The van der Waals surface area contributed by atoms with E-state index in [0.717, 1.165) is 6.04 Å². The van der Waals surface area contributed by atoms with Gasteiger partial charge in [0.15, 0.2) is 0 Å². The van der Waals surface area contributed by atoms with Gasteiger partial charge in [0.1, 0.15) is 0 Å². The molecule has 0 aliphatic carbocycles. The van der Waals surface area contributed by atoms with Crippen molar-refractivity contribution >= 4 is 0 Å². The molecule has 2 rings (SSSR count). The SMILES string of the molecule is CNC(C)C(C)(C)CN1CCC(N2CCCC2)C1. The van der Waals surface area contributed by atoms with Crippen LogP contribution < -0.4 is 5.32 Å². The largest absolute Gasteiger partial charge is 0.317 e. The van der Waals surface area contributed by atoms with E-state index in [1.807, 2.05) is 0 Å². The fraction of sp³-hybridized carbons (Fsp3) is 1.00. The third kappa shape index (κ3) is 3.25. The Kier molecular flexibility index (Phi) is 4.68. The van der Waals surface area contributed by atoms with E-state index < -0.39 is 0 Å². The van der Waals surface area contributed by atoms with Crippen molar-refractivity contribution in [1.82, 2.24) is 15.1 Å². The lowest BCUT2D eigenvalue weighted by molar-refractivity contribution is 0.155. The second-order valence-electron chi connectivity index (χ2n) is 6.92. The smallest absolute Gasteiger partial charge is 0.0235 e. The predicted molar refractivity (Wildman–Crippen MR) is 78.0 cm³/mol. The number of likely N-dealkylation sites (tertiary alicyclic amines) is 2. The fourth-order valence-electron chi connectivity index (χ4n) is 3.46. The molecule has 18 heavy (non-hydrogen) atoms. The number of nitrogens with one attached hydrogen (secondary N) is 1. The Hall–Kier alpha value is -0.120. The van der Waals surface area contributed by atoms with Gasteiger partial charge in [0, 0.05) is 25.2 Å². The van der Waals surface area contributed by atoms with E-state index in [4.69, 9.17) is 0 Å². The summed E-state index contributed by atoms with van der Waals surface area (Å²) in [5, 5.41) is 3.41. The van der Waals surface area contributed by atoms with Crippen LogP contribution in [0.4, 0.5) is 0 Å². The van der Waals surface area contributed by atoms with E-state index in [1.165, 1.54) is 52.0 Å². The Morgan fingerprint density at radius 1 is 1.22 bits per heavy atom. The highest BCUT2D eigenvalue weighted by atomic mass is 15.3. The zero-order valence-electron chi connectivity index (χ0n) is 12.7. The molecule has 0 bridgehead atoms. The molecular weight excluding hydrogens is 222 g/mol. The van der Waals surface area contributed by atoms with Crippen LogP contribution in [0.15, 0.2) is 0 Å². The lowest BCUT2D eigenvalue weighted by atomic mass is 9.85. The van der Waals surface area contributed by atoms with Gasteiger partial charge in [-0.3, -0.25) is 4.90 Å². The Morgan fingerprint density at radius 2 is 1.89 bits per heavy atom. The summed E-state index contributed by atoms with van der Waals surface area (Å²) in [6.07, 6.45) is 4.21. The normalized spacial score (nSPS) is 29.0. The highest BCUT2D eigenvalue weighted by molar-refractivity contribution is 4.90. The molecule has 2 saturated heterocycles. The zero-order valence-corrected chi connectivity index (χ0v) is 12.7. The molecule has 2 atom stereocenters. The molecule has 3 nitrogen and oxygen atoms in total. The van der Waals surface area contributed by atoms with Crippen molar-refractivity contribution in [2.24, 2.45) is 5.41 Å². The standard InChI is InChI=1S/C15H31N3/c1-13(16-4)15(2,3)12-17-10-7-14(11-17)18-8-5-6-9-18/h13-14,16H,5-12H2,1-4H3. The molecule has 0 amide bonds. The molecule has 2 aliphatic heterocycles. The molecule has 3 heteroatoms. The van der Waals surface area contributed by atoms with Gasteiger partial charge in [-0.2, -0.15) is 0 Å². The highest BCUT2D eigenvalue weighted by Gasteiger charge is 2.33. The molecule has 0 aromatic heterocycles. The van der Waals surface area contributed by atoms with Crippen LogP contribution in [0.3, 0.4) is 0 Å². The van der Waals surface area contributed by atoms with Crippen molar-refractivity contribution in [1.29, 1.82) is 0 Å². The summed E-state index contributed by atoms with van der Waals surface area (Å²) in [6, 6.07) is 1.41. The molecular formula is C15H31N3. The van der Waals surface area contributed by atoms with Crippen LogP contribution in [0, 0.1) is 5.41 Å². The maximum Gasteiger partial charge on any atom is 0.0235 e. The van der Waals surface area contributed by atoms with Crippen molar-refractivity contribution in [2.75, 3.05) is 39.8 Å². The monoisotopic (exact) mass is 253 g/mol. The average Bonchev–Trinajstić information content (AvgIpc) is 2.97. The summed E-state index contributed by atoms with van der Waals surface area (Å²) < 4.78 is 0. The first-order chi connectivity index (χ1) is 8.53. The van der Waals surface area contributed by atoms with Gasteiger partial charge < -0.3 is 10.2 Å². The van der Waals surface area contributed by atoms with Gasteiger partial charge in [-0.05, 0) is 58.3 Å². The molecule has 0 saturated carbocycles. The average molecular weight is 253 g/mol. The molecule has 0 aromatic carbocycles. The summed E-state index contributed by atoms with van der Waals surface area (Å²) in [6.45, 7) is 13.6. The molecule has 2 unspecified atom stereocenters. The maximum absolute atomic E-state index is 3.41. The number of hydrogen-bond donors (Lipinski definition) is 1. The first kappa shape index (κ1) is 14.3. The molecule has 2 heterocycles. The molecule has 0 spiro atoms. The van der Waals surface area contributed by atoms with Crippen molar-refractivity contribution in [3.63, 3.8) is 0 Å². The van der Waals surface area contributed by atoms with Crippen LogP contribution in [0.2, 0.25) is 0 Å². The molecule has 2 fully saturated rings. The van der Waals surface area contributed by atoms with Gasteiger partial charge in [0.05, 0.1) is 0 Å². The minimum absolute atomic E-state index is 0.356. The number of nitrogens with zero attached hydrogens (tertiary/aromatic N) is 2. The Balaban J connectivity index is 1.81. The van der Waals surface area contributed by atoms with E-state index in [9.17, 15) is 0 Å². The molecule has 106 valence electrons. The van der Waals surface area contributed by atoms with Crippen LogP contribution in [-0.2, 0) is 0 Å². The number of hydrogen-bond acceptors (Lipinski definition) is 3. The first-order valence-corrected chi connectivity index (χ1v) is 7.66. The fourth-order valence-corrected chi connectivity index (χ4v) is 3.46. The zero-order chi connectivity index (χ0) is 13.2. The lowest BCUT2D eigenvalue weighted by Gasteiger charge is -2.35. The second-order valence-corrected chi connectivity index (χ2v) is 6.92. The van der Waals surface area contributed by atoms with Crippen molar-refractivity contribution < 1.29 is 0 Å². The topological polar surface area (TPSA) is 18.5 Å². The number of rotatable bonds is 5. The molecule has 0 aromatic rings. The van der Waals surface area contributed by atoms with Gasteiger partial charge in [0.2, 0.25) is 0 Å². The maximum atomic E-state index is 3.41. The van der Waals surface area contributed by atoms with Crippen molar-refractivity contribution in [3.8, 4) is 0 Å². The van der Waals surface area contributed by atoms with Gasteiger partial charge in [-0.1, -0.05) is 13.8 Å². The van der Waals surface area contributed by atoms with Crippen LogP contribution in [0.25, 0.3) is 0 Å². The lowest BCUT2D eigenvalue weighted by Crippen LogP contribution is -2.46. The Labute approximate surface area is 113 Å². The summed E-state index contributed by atoms with van der Waals surface area (Å²) in [4.78, 5) is 5.39. The molecule has 0 radical (unpaired) electrons. The van der Waals surface area contributed by atoms with Gasteiger partial charge in [-0.25, -0.2) is 0 Å². The van der Waals surface area contributed by atoms with Crippen LogP contribution in [0.1, 0.15) is 40.0 Å². The van der Waals surface area contributed by atoms with E-state index in [-0.39, 0.29) is 0 Å². The predicted octanol–water partition coefficient (Wildman–Crippen LogP) is 1.79. The second kappa shape index (κ2) is 5.89. The Bertz CT molecular complexity index is 258. The van der Waals surface area contributed by atoms with E-state index >= 15 is 0 Å². The van der Waals surface area contributed by atoms with E-state index in [1.54, 1.807) is 0 Å². The van der Waals surface area contributed by atoms with Crippen molar-refractivity contribution in [2.45, 2.75) is 52.1 Å². The van der Waals surface area contributed by atoms with E-state index in [0.29, 0.717) is 11.5 Å². The van der Waals surface area contributed by atoms with Crippen molar-refractivity contribution in [3.05, 3.63) is 0 Å². The first-order valence-electron chi connectivity index (χ1n) is 7.66. The van der Waals surface area contributed by atoms with Crippen LogP contribution in [-0.4, -0.2) is 61.7 Å². The highest BCUT2D eigenvalue weighted by Crippen LogP contribution is 2.26. The van der Waals surface area contributed by atoms with Gasteiger partial charge in [0.25, 0.3) is 0 Å². The molecule has 1 N–H and O–H groups in total. The minimum atomic E-state index is 0.356. The molecule has 2 aliphatic rings. The third-order valence-electron chi connectivity index (χ3n) is 5.14. The van der Waals surface area contributed by atoms with Gasteiger partial charge >= 0.3 is 0 Å². The quantitative estimate of drug-likeness (QED) is 0.806. The van der Waals surface area contributed by atoms with Crippen LogP contribution in [0.5, 0.6) is 0 Å². The summed E-state index contributed by atoms with van der Waals surface area (Å²) in [5.41, 5.74) is 0.356. The third-order valence-corrected chi connectivity index (χ3v) is 5.14. The van der Waals surface area contributed by atoms with E-state index in [2.05, 4.69) is 42.9 Å². The minimum Gasteiger partial charge on any atom is -0.317 e. The summed E-state index contributed by atoms with van der Waals surface area (Å²) >= 11 is 0. The Morgan fingerprint density at radius 3 is 2.50 bits per heavy atom. The van der Waals surface area contributed by atoms with Crippen LogP contribution >= 0.6 is 0 Å². The summed E-state index contributed by atoms with van der Waals surface area (Å²) in [7, 11) is 2.07.